The van der Waals surface area contributed by atoms with Crippen molar-refractivity contribution in [2.24, 2.45) is 10.4 Å². The molecule has 1 aliphatic carbocycles. The number of amides is 1. The molecule has 1 aromatic rings. The first-order chi connectivity index (χ1) is 14.0. The predicted molar refractivity (Wildman–Crippen MR) is 136 cm³/mol. The van der Waals surface area contributed by atoms with Crippen LogP contribution in [0.3, 0.4) is 0 Å². The quantitative estimate of drug-likeness (QED) is 0.248. The molecule has 1 aromatic carbocycles. The fourth-order valence-corrected chi connectivity index (χ4v) is 4.26. The van der Waals surface area contributed by atoms with Gasteiger partial charge in [-0.25, -0.2) is 4.99 Å². The van der Waals surface area contributed by atoms with Crippen molar-refractivity contribution in [2.75, 3.05) is 45.2 Å². The molecule has 0 radical (unpaired) electrons. The number of hydrogen-bond donors (Lipinski definition) is 2. The zero-order chi connectivity index (χ0) is 20.7. The number of carbonyl (C=O) groups is 1. The van der Waals surface area contributed by atoms with Gasteiger partial charge in [-0.3, -0.25) is 4.79 Å². The molecule has 0 aromatic heterocycles. The number of nitrogens with zero attached hydrogens (tertiary/aromatic N) is 3. The molecule has 1 heterocycles. The van der Waals surface area contributed by atoms with Crippen molar-refractivity contribution in [3.8, 4) is 0 Å². The van der Waals surface area contributed by atoms with Crippen molar-refractivity contribution in [3.63, 3.8) is 0 Å². The van der Waals surface area contributed by atoms with E-state index in [1.165, 1.54) is 11.3 Å². The van der Waals surface area contributed by atoms with Crippen LogP contribution in [0.1, 0.15) is 38.2 Å². The molecule has 1 fully saturated rings. The number of anilines is 1. The summed E-state index contributed by atoms with van der Waals surface area (Å²) < 4.78 is 0. The van der Waals surface area contributed by atoms with E-state index in [0.29, 0.717) is 13.1 Å². The minimum atomic E-state index is -0.300. The van der Waals surface area contributed by atoms with Gasteiger partial charge in [0.05, 0.1) is 12.0 Å². The van der Waals surface area contributed by atoms with E-state index in [9.17, 15) is 4.79 Å². The Kier molecular flexibility index (Phi) is 9.45. The third-order valence-corrected chi connectivity index (χ3v) is 5.90. The van der Waals surface area contributed by atoms with E-state index >= 15 is 0 Å². The molecule has 1 saturated carbocycles. The third-order valence-electron chi connectivity index (χ3n) is 5.90. The van der Waals surface area contributed by atoms with Gasteiger partial charge in [0.1, 0.15) is 0 Å². The molecule has 6 nitrogen and oxygen atoms in total. The molecule has 2 N–H and O–H groups in total. The topological polar surface area (TPSA) is 60.0 Å². The third kappa shape index (κ3) is 6.12. The monoisotopic (exact) mass is 525 g/mol. The van der Waals surface area contributed by atoms with E-state index in [0.717, 1.165) is 51.3 Å². The van der Waals surface area contributed by atoms with Crippen LogP contribution < -0.4 is 15.5 Å². The average molecular weight is 525 g/mol. The molecule has 0 atom stereocenters. The van der Waals surface area contributed by atoms with E-state index in [1.54, 1.807) is 4.90 Å². The summed E-state index contributed by atoms with van der Waals surface area (Å²) in [7, 11) is 3.70. The number of guanidine groups is 1. The Balaban J connectivity index is 0.00000320. The second kappa shape index (κ2) is 11.6. The van der Waals surface area contributed by atoms with Gasteiger partial charge in [-0.15, -0.1) is 24.0 Å². The van der Waals surface area contributed by atoms with Crippen LogP contribution in [0.2, 0.25) is 0 Å². The highest BCUT2D eigenvalue weighted by Crippen LogP contribution is 2.38. The maximum Gasteiger partial charge on any atom is 0.230 e. The fraction of sp³-hybridized carbons (Fsp3) is 0.565. The SMILES string of the molecule is CCNC(=NCc1ccc(N2CC=CC2)cc1)NCC1(C(=O)N(C)C)CCCC1.I. The molecule has 0 spiro atoms. The lowest BCUT2D eigenvalue weighted by Crippen LogP contribution is -2.49. The second-order valence-electron chi connectivity index (χ2n) is 8.28. The summed E-state index contributed by atoms with van der Waals surface area (Å²) >= 11 is 0. The number of aliphatic imine (C=N–C) groups is 1. The van der Waals surface area contributed by atoms with Crippen LogP contribution in [-0.4, -0.2) is 57.0 Å². The smallest absolute Gasteiger partial charge is 0.230 e. The van der Waals surface area contributed by atoms with Crippen molar-refractivity contribution >= 4 is 41.5 Å². The Morgan fingerprint density at radius 2 is 1.73 bits per heavy atom. The van der Waals surface area contributed by atoms with Gasteiger partial charge in [0.15, 0.2) is 5.96 Å². The summed E-state index contributed by atoms with van der Waals surface area (Å²) in [6, 6.07) is 8.63. The van der Waals surface area contributed by atoms with Crippen LogP contribution in [-0.2, 0) is 11.3 Å². The highest BCUT2D eigenvalue weighted by atomic mass is 127. The Labute approximate surface area is 198 Å². The molecule has 1 aliphatic heterocycles. The molecule has 3 rings (SSSR count). The van der Waals surface area contributed by atoms with Gasteiger partial charge in [-0.1, -0.05) is 37.1 Å². The maximum absolute atomic E-state index is 12.8. The Morgan fingerprint density at radius 1 is 1.10 bits per heavy atom. The van der Waals surface area contributed by atoms with Crippen molar-refractivity contribution in [3.05, 3.63) is 42.0 Å². The van der Waals surface area contributed by atoms with Gasteiger partial charge in [-0.05, 0) is 37.5 Å². The zero-order valence-electron chi connectivity index (χ0n) is 18.5. The largest absolute Gasteiger partial charge is 0.364 e. The van der Waals surface area contributed by atoms with Crippen molar-refractivity contribution in [2.45, 2.75) is 39.2 Å². The standard InChI is InChI=1S/C23H35N5O.HI/c1-4-24-22(26-18-23(13-5-6-14-23)21(29)27(2)3)25-17-19-9-11-20(12-10-19)28-15-7-8-16-28;/h7-12H,4-6,13-18H2,1-3H3,(H2,24,25,26);1H. The zero-order valence-corrected chi connectivity index (χ0v) is 20.8. The fourth-order valence-electron chi connectivity index (χ4n) is 4.26. The molecule has 1 amide bonds. The number of halogens is 1. The molecular weight excluding hydrogens is 489 g/mol. The van der Waals surface area contributed by atoms with Gasteiger partial charge < -0.3 is 20.4 Å². The van der Waals surface area contributed by atoms with Gasteiger partial charge in [0, 0.05) is 46.0 Å². The van der Waals surface area contributed by atoms with E-state index in [-0.39, 0.29) is 35.3 Å². The lowest BCUT2D eigenvalue weighted by Gasteiger charge is -2.31. The van der Waals surface area contributed by atoms with Crippen LogP contribution in [0.25, 0.3) is 0 Å². The normalized spacial score (nSPS) is 17.6. The van der Waals surface area contributed by atoms with Crippen molar-refractivity contribution < 1.29 is 4.79 Å². The van der Waals surface area contributed by atoms with E-state index in [4.69, 9.17) is 4.99 Å². The Bertz CT molecular complexity index is 730. The van der Waals surface area contributed by atoms with Gasteiger partial charge >= 0.3 is 0 Å². The molecular formula is C23H36IN5O. The van der Waals surface area contributed by atoms with Crippen molar-refractivity contribution in [1.82, 2.24) is 15.5 Å². The average Bonchev–Trinajstić information content (AvgIpc) is 3.43. The minimum absolute atomic E-state index is 0. The Morgan fingerprint density at radius 3 is 2.30 bits per heavy atom. The number of nitrogens with one attached hydrogen (secondary N) is 2. The highest BCUT2D eigenvalue weighted by Gasteiger charge is 2.42. The highest BCUT2D eigenvalue weighted by molar-refractivity contribution is 14.0. The first kappa shape index (κ1) is 24.5. The van der Waals surface area contributed by atoms with E-state index < -0.39 is 0 Å². The van der Waals surface area contributed by atoms with Gasteiger partial charge in [0.25, 0.3) is 0 Å². The second-order valence-corrected chi connectivity index (χ2v) is 8.28. The van der Waals surface area contributed by atoms with Gasteiger partial charge in [0.2, 0.25) is 5.91 Å². The number of benzene rings is 1. The molecule has 0 bridgehead atoms. The predicted octanol–water partition coefficient (Wildman–Crippen LogP) is 3.38. The Hall–Kier alpha value is -1.77. The first-order valence-corrected chi connectivity index (χ1v) is 10.8. The molecule has 166 valence electrons. The van der Waals surface area contributed by atoms with E-state index in [1.807, 2.05) is 14.1 Å². The summed E-state index contributed by atoms with van der Waals surface area (Å²) in [5.74, 6) is 1.00. The van der Waals surface area contributed by atoms with Crippen molar-refractivity contribution in [1.29, 1.82) is 0 Å². The summed E-state index contributed by atoms with van der Waals surface area (Å²) in [5.41, 5.74) is 2.13. The molecule has 0 saturated heterocycles. The number of carbonyl (C=O) groups excluding carboxylic acids is 1. The molecule has 30 heavy (non-hydrogen) atoms. The number of hydrogen-bond acceptors (Lipinski definition) is 3. The summed E-state index contributed by atoms with van der Waals surface area (Å²) in [6.07, 6.45) is 8.53. The minimum Gasteiger partial charge on any atom is -0.364 e. The first-order valence-electron chi connectivity index (χ1n) is 10.8. The summed E-state index contributed by atoms with van der Waals surface area (Å²) in [5, 5.41) is 6.76. The molecule has 0 unspecified atom stereocenters. The van der Waals surface area contributed by atoms with Crippen LogP contribution in [0.15, 0.2) is 41.4 Å². The lowest BCUT2D eigenvalue weighted by atomic mass is 9.84. The van der Waals surface area contributed by atoms with Gasteiger partial charge in [-0.2, -0.15) is 0 Å². The molecule has 2 aliphatic rings. The van der Waals surface area contributed by atoms with Crippen LogP contribution >= 0.6 is 24.0 Å². The molecule has 7 heteroatoms. The maximum atomic E-state index is 12.8. The van der Waals surface area contributed by atoms with Crippen LogP contribution in [0.4, 0.5) is 5.69 Å². The lowest BCUT2D eigenvalue weighted by molar-refractivity contribution is -0.138. The van der Waals surface area contributed by atoms with E-state index in [2.05, 4.69) is 58.9 Å². The summed E-state index contributed by atoms with van der Waals surface area (Å²) in [4.78, 5) is 21.6. The summed E-state index contributed by atoms with van der Waals surface area (Å²) in [6.45, 7) is 6.08. The van der Waals surface area contributed by atoms with Crippen LogP contribution in [0.5, 0.6) is 0 Å². The van der Waals surface area contributed by atoms with Crippen LogP contribution in [0, 0.1) is 5.41 Å². The number of rotatable bonds is 7.